The number of nitrogens with zero attached hydrogens (tertiary/aromatic N) is 1. The molecule has 22 heavy (non-hydrogen) atoms. The standard InChI is InChI=1S/C16H10Cl2N2OS/c17-11-8-4-5-9-12(11)19-15(21)14-13(20-16(18)22-14)10-6-2-1-3-7-10/h1-9H,(H,19,21). The molecule has 0 fully saturated rings. The molecule has 0 unspecified atom stereocenters. The minimum absolute atomic E-state index is 0.281. The van der Waals surface area contributed by atoms with Crippen molar-refractivity contribution < 1.29 is 4.79 Å². The highest BCUT2D eigenvalue weighted by atomic mass is 35.5. The van der Waals surface area contributed by atoms with Gasteiger partial charge in [0, 0.05) is 5.56 Å². The molecule has 0 aliphatic rings. The van der Waals surface area contributed by atoms with Crippen LogP contribution in [0.2, 0.25) is 9.49 Å². The Morgan fingerprint density at radius 3 is 2.41 bits per heavy atom. The number of carbonyl (C=O) groups is 1. The van der Waals surface area contributed by atoms with Crippen LogP contribution in [-0.4, -0.2) is 10.9 Å². The van der Waals surface area contributed by atoms with Crippen LogP contribution in [0.1, 0.15) is 9.67 Å². The topological polar surface area (TPSA) is 42.0 Å². The zero-order valence-electron chi connectivity index (χ0n) is 11.2. The largest absolute Gasteiger partial charge is 0.320 e. The van der Waals surface area contributed by atoms with Crippen LogP contribution in [0.4, 0.5) is 5.69 Å². The van der Waals surface area contributed by atoms with Crippen LogP contribution in [0.15, 0.2) is 54.6 Å². The van der Waals surface area contributed by atoms with Crippen LogP contribution >= 0.6 is 34.5 Å². The number of hydrogen-bond donors (Lipinski definition) is 1. The average Bonchev–Trinajstić information content (AvgIpc) is 2.92. The highest BCUT2D eigenvalue weighted by Crippen LogP contribution is 2.32. The van der Waals surface area contributed by atoms with E-state index in [1.54, 1.807) is 24.3 Å². The van der Waals surface area contributed by atoms with Gasteiger partial charge in [-0.25, -0.2) is 4.98 Å². The third kappa shape index (κ3) is 3.14. The second-order valence-corrected chi connectivity index (χ2v) is 6.43. The first-order valence-electron chi connectivity index (χ1n) is 6.43. The van der Waals surface area contributed by atoms with Gasteiger partial charge in [0.05, 0.1) is 16.4 Å². The SMILES string of the molecule is O=C(Nc1ccccc1Cl)c1sc(Cl)nc1-c1ccccc1. The van der Waals surface area contributed by atoms with E-state index in [0.717, 1.165) is 16.9 Å². The molecule has 6 heteroatoms. The summed E-state index contributed by atoms with van der Waals surface area (Å²) in [6.07, 6.45) is 0. The van der Waals surface area contributed by atoms with Gasteiger partial charge >= 0.3 is 0 Å². The predicted molar refractivity (Wildman–Crippen MR) is 92.0 cm³/mol. The fourth-order valence-electron chi connectivity index (χ4n) is 1.98. The molecule has 3 rings (SSSR count). The van der Waals surface area contributed by atoms with Gasteiger partial charge in [-0.1, -0.05) is 77.0 Å². The molecule has 3 aromatic rings. The number of benzene rings is 2. The molecule has 1 heterocycles. The molecule has 1 N–H and O–H groups in total. The van der Waals surface area contributed by atoms with E-state index in [0.29, 0.717) is 25.7 Å². The molecule has 3 nitrogen and oxygen atoms in total. The van der Waals surface area contributed by atoms with Gasteiger partial charge in [0.1, 0.15) is 4.88 Å². The minimum Gasteiger partial charge on any atom is -0.320 e. The van der Waals surface area contributed by atoms with E-state index in [9.17, 15) is 4.79 Å². The number of nitrogens with one attached hydrogen (secondary N) is 1. The maximum Gasteiger partial charge on any atom is 0.268 e. The van der Waals surface area contributed by atoms with Crippen LogP contribution in [-0.2, 0) is 0 Å². The summed E-state index contributed by atoms with van der Waals surface area (Å²) in [7, 11) is 0. The van der Waals surface area contributed by atoms with Crippen molar-refractivity contribution in [2.45, 2.75) is 0 Å². The molecule has 0 saturated carbocycles. The molecular weight excluding hydrogens is 339 g/mol. The van der Waals surface area contributed by atoms with Gasteiger partial charge in [0.25, 0.3) is 5.91 Å². The number of thiazole rings is 1. The molecular formula is C16H10Cl2N2OS. The van der Waals surface area contributed by atoms with E-state index < -0.39 is 0 Å². The summed E-state index contributed by atoms with van der Waals surface area (Å²) in [5.74, 6) is -0.281. The first-order chi connectivity index (χ1) is 10.6. The van der Waals surface area contributed by atoms with Crippen molar-refractivity contribution in [1.29, 1.82) is 0 Å². The van der Waals surface area contributed by atoms with E-state index in [4.69, 9.17) is 23.2 Å². The van der Waals surface area contributed by atoms with Crippen LogP contribution in [0, 0.1) is 0 Å². The van der Waals surface area contributed by atoms with Crippen molar-refractivity contribution in [3.8, 4) is 11.3 Å². The molecule has 0 bridgehead atoms. The van der Waals surface area contributed by atoms with Gasteiger partial charge < -0.3 is 5.32 Å². The van der Waals surface area contributed by atoms with Gasteiger partial charge in [-0.2, -0.15) is 0 Å². The molecule has 0 atom stereocenters. The number of para-hydroxylation sites is 1. The van der Waals surface area contributed by atoms with E-state index in [1.807, 2.05) is 30.3 Å². The summed E-state index contributed by atoms with van der Waals surface area (Å²) in [4.78, 5) is 17.2. The fraction of sp³-hybridized carbons (Fsp3) is 0. The third-order valence-electron chi connectivity index (χ3n) is 2.98. The summed E-state index contributed by atoms with van der Waals surface area (Å²) in [6, 6.07) is 16.5. The zero-order valence-corrected chi connectivity index (χ0v) is 13.5. The number of halogens is 2. The highest BCUT2D eigenvalue weighted by Gasteiger charge is 2.19. The monoisotopic (exact) mass is 348 g/mol. The number of anilines is 1. The van der Waals surface area contributed by atoms with Crippen LogP contribution in [0.25, 0.3) is 11.3 Å². The minimum atomic E-state index is -0.281. The summed E-state index contributed by atoms with van der Waals surface area (Å²) < 4.78 is 0.322. The Kier molecular flexibility index (Phi) is 4.43. The van der Waals surface area contributed by atoms with E-state index in [2.05, 4.69) is 10.3 Å². The van der Waals surface area contributed by atoms with E-state index >= 15 is 0 Å². The Balaban J connectivity index is 1.95. The Hall–Kier alpha value is -1.88. The van der Waals surface area contributed by atoms with Crippen molar-refractivity contribution in [1.82, 2.24) is 4.98 Å². The molecule has 1 amide bonds. The van der Waals surface area contributed by atoms with Crippen molar-refractivity contribution in [3.63, 3.8) is 0 Å². The molecule has 2 aromatic carbocycles. The molecule has 0 saturated heterocycles. The fourth-order valence-corrected chi connectivity index (χ4v) is 3.19. The summed E-state index contributed by atoms with van der Waals surface area (Å²) in [5, 5.41) is 3.27. The molecule has 1 aromatic heterocycles. The first-order valence-corrected chi connectivity index (χ1v) is 8.00. The molecule has 0 spiro atoms. The summed E-state index contributed by atoms with van der Waals surface area (Å²) >= 11 is 13.2. The Morgan fingerprint density at radius 1 is 1.00 bits per heavy atom. The lowest BCUT2D eigenvalue weighted by molar-refractivity contribution is 0.103. The van der Waals surface area contributed by atoms with Gasteiger partial charge in [-0.05, 0) is 12.1 Å². The third-order valence-corrected chi connectivity index (χ3v) is 4.46. The normalized spacial score (nSPS) is 10.5. The van der Waals surface area contributed by atoms with Crippen LogP contribution in [0.3, 0.4) is 0 Å². The second kappa shape index (κ2) is 6.48. The lowest BCUT2D eigenvalue weighted by Crippen LogP contribution is -2.11. The second-order valence-electron chi connectivity index (χ2n) is 4.44. The van der Waals surface area contributed by atoms with Gasteiger partial charge in [-0.15, -0.1) is 0 Å². The van der Waals surface area contributed by atoms with Crippen LogP contribution in [0.5, 0.6) is 0 Å². The van der Waals surface area contributed by atoms with Crippen molar-refractivity contribution in [2.24, 2.45) is 0 Å². The number of rotatable bonds is 3. The van der Waals surface area contributed by atoms with E-state index in [1.165, 1.54) is 0 Å². The Morgan fingerprint density at radius 2 is 1.68 bits per heavy atom. The lowest BCUT2D eigenvalue weighted by Gasteiger charge is -2.06. The van der Waals surface area contributed by atoms with Gasteiger partial charge in [0.15, 0.2) is 4.47 Å². The smallest absolute Gasteiger partial charge is 0.268 e. The highest BCUT2D eigenvalue weighted by molar-refractivity contribution is 7.18. The Labute approximate surface area is 141 Å². The Bertz CT molecular complexity index is 818. The maximum atomic E-state index is 12.5. The number of amides is 1. The number of carbonyl (C=O) groups excluding carboxylic acids is 1. The number of hydrogen-bond acceptors (Lipinski definition) is 3. The number of aromatic nitrogens is 1. The average molecular weight is 349 g/mol. The molecule has 0 aliphatic carbocycles. The van der Waals surface area contributed by atoms with Crippen molar-refractivity contribution >= 4 is 46.1 Å². The molecule has 110 valence electrons. The van der Waals surface area contributed by atoms with Crippen molar-refractivity contribution in [3.05, 3.63) is 69.0 Å². The summed E-state index contributed by atoms with van der Waals surface area (Å²) in [5.41, 5.74) is 1.97. The van der Waals surface area contributed by atoms with Gasteiger partial charge in [0.2, 0.25) is 0 Å². The quantitative estimate of drug-likeness (QED) is 0.691. The van der Waals surface area contributed by atoms with Crippen LogP contribution < -0.4 is 5.32 Å². The maximum absolute atomic E-state index is 12.5. The molecule has 0 aliphatic heterocycles. The molecule has 0 radical (unpaired) electrons. The van der Waals surface area contributed by atoms with Crippen molar-refractivity contribution in [2.75, 3.05) is 5.32 Å². The van der Waals surface area contributed by atoms with E-state index in [-0.39, 0.29) is 5.91 Å². The summed E-state index contributed by atoms with van der Waals surface area (Å²) in [6.45, 7) is 0. The zero-order chi connectivity index (χ0) is 15.5. The lowest BCUT2D eigenvalue weighted by atomic mass is 10.1. The first kappa shape index (κ1) is 15.0. The van der Waals surface area contributed by atoms with Gasteiger partial charge in [-0.3, -0.25) is 4.79 Å². The predicted octanol–water partition coefficient (Wildman–Crippen LogP) is 5.37.